The third kappa shape index (κ3) is 4.68. The van der Waals surface area contributed by atoms with Crippen LogP contribution in [0.1, 0.15) is 41.7 Å². The van der Waals surface area contributed by atoms with Gasteiger partial charge in [-0.1, -0.05) is 25.0 Å². The molecule has 1 aromatic carbocycles. The summed E-state index contributed by atoms with van der Waals surface area (Å²) in [7, 11) is 1.63. The van der Waals surface area contributed by atoms with Gasteiger partial charge < -0.3 is 15.0 Å². The SMILES string of the molecule is COc1ccc(CNC(=O)c2cc(N3CCCCCC3)ncn2)cc1. The highest BCUT2D eigenvalue weighted by molar-refractivity contribution is 5.92. The van der Waals surface area contributed by atoms with E-state index < -0.39 is 0 Å². The van der Waals surface area contributed by atoms with Gasteiger partial charge in [0.25, 0.3) is 5.91 Å². The van der Waals surface area contributed by atoms with Crippen LogP contribution in [0.25, 0.3) is 0 Å². The molecule has 6 nitrogen and oxygen atoms in total. The lowest BCUT2D eigenvalue weighted by Gasteiger charge is -2.21. The Kier molecular flexibility index (Phi) is 5.82. The van der Waals surface area contributed by atoms with Crippen LogP contribution in [0.2, 0.25) is 0 Å². The molecule has 0 spiro atoms. The van der Waals surface area contributed by atoms with E-state index in [4.69, 9.17) is 4.74 Å². The highest BCUT2D eigenvalue weighted by Crippen LogP contribution is 2.17. The first-order chi connectivity index (χ1) is 12.3. The van der Waals surface area contributed by atoms with Gasteiger partial charge in [0, 0.05) is 25.7 Å². The van der Waals surface area contributed by atoms with Crippen LogP contribution in [0, 0.1) is 0 Å². The Morgan fingerprint density at radius 3 is 2.52 bits per heavy atom. The van der Waals surface area contributed by atoms with Crippen molar-refractivity contribution in [2.45, 2.75) is 32.2 Å². The summed E-state index contributed by atoms with van der Waals surface area (Å²) in [5.74, 6) is 1.45. The van der Waals surface area contributed by atoms with Crippen molar-refractivity contribution in [3.8, 4) is 5.75 Å². The Morgan fingerprint density at radius 2 is 1.84 bits per heavy atom. The van der Waals surface area contributed by atoms with Crippen molar-refractivity contribution >= 4 is 11.7 Å². The van der Waals surface area contributed by atoms with Crippen molar-refractivity contribution in [1.29, 1.82) is 0 Å². The van der Waals surface area contributed by atoms with E-state index in [0.717, 1.165) is 30.2 Å². The van der Waals surface area contributed by atoms with Gasteiger partial charge in [-0.15, -0.1) is 0 Å². The van der Waals surface area contributed by atoms with Crippen LogP contribution in [0.15, 0.2) is 36.7 Å². The number of anilines is 1. The molecular formula is C19H24N4O2. The van der Waals surface area contributed by atoms with Gasteiger partial charge in [0.15, 0.2) is 0 Å². The number of nitrogens with one attached hydrogen (secondary N) is 1. The molecule has 3 rings (SSSR count). The third-order valence-electron chi connectivity index (χ3n) is 4.43. The molecule has 2 heterocycles. The smallest absolute Gasteiger partial charge is 0.270 e. The second-order valence-electron chi connectivity index (χ2n) is 6.19. The standard InChI is InChI=1S/C19H24N4O2/c1-25-16-8-6-15(7-9-16)13-20-19(24)17-12-18(22-14-21-17)23-10-4-2-3-5-11-23/h6-9,12,14H,2-5,10-11,13H2,1H3,(H,20,24). The second-order valence-corrected chi connectivity index (χ2v) is 6.19. The number of carbonyl (C=O) groups excluding carboxylic acids is 1. The summed E-state index contributed by atoms with van der Waals surface area (Å²) in [4.78, 5) is 23.1. The molecule has 6 heteroatoms. The minimum Gasteiger partial charge on any atom is -0.497 e. The number of aromatic nitrogens is 2. The van der Waals surface area contributed by atoms with E-state index >= 15 is 0 Å². The monoisotopic (exact) mass is 340 g/mol. The van der Waals surface area contributed by atoms with E-state index in [1.807, 2.05) is 24.3 Å². The van der Waals surface area contributed by atoms with Gasteiger partial charge in [-0.3, -0.25) is 4.79 Å². The normalized spacial score (nSPS) is 14.7. The Morgan fingerprint density at radius 1 is 1.12 bits per heavy atom. The molecule has 1 N–H and O–H groups in total. The van der Waals surface area contributed by atoms with E-state index in [-0.39, 0.29) is 5.91 Å². The van der Waals surface area contributed by atoms with Crippen LogP contribution in [0.4, 0.5) is 5.82 Å². The molecule has 2 aromatic rings. The number of carbonyl (C=O) groups is 1. The van der Waals surface area contributed by atoms with Crippen LogP contribution in [-0.4, -0.2) is 36.1 Å². The fraction of sp³-hybridized carbons (Fsp3) is 0.421. The molecule has 0 saturated carbocycles. The minimum absolute atomic E-state index is 0.186. The number of nitrogens with zero attached hydrogens (tertiary/aromatic N) is 3. The molecule has 1 amide bonds. The number of benzene rings is 1. The van der Waals surface area contributed by atoms with Gasteiger partial charge in [0.05, 0.1) is 7.11 Å². The Bertz CT molecular complexity index is 695. The largest absolute Gasteiger partial charge is 0.497 e. The number of rotatable bonds is 5. The van der Waals surface area contributed by atoms with Gasteiger partial charge in [0.1, 0.15) is 23.6 Å². The van der Waals surface area contributed by atoms with Crippen molar-refractivity contribution in [2.24, 2.45) is 0 Å². The van der Waals surface area contributed by atoms with Crippen molar-refractivity contribution in [3.63, 3.8) is 0 Å². The summed E-state index contributed by atoms with van der Waals surface area (Å²) in [5.41, 5.74) is 1.42. The van der Waals surface area contributed by atoms with E-state index in [9.17, 15) is 4.79 Å². The van der Waals surface area contributed by atoms with Crippen LogP contribution in [-0.2, 0) is 6.54 Å². The number of ether oxygens (including phenoxy) is 1. The Labute approximate surface area is 148 Å². The third-order valence-corrected chi connectivity index (χ3v) is 4.43. The van der Waals surface area contributed by atoms with E-state index in [2.05, 4.69) is 20.2 Å². The molecule has 132 valence electrons. The zero-order chi connectivity index (χ0) is 17.5. The van der Waals surface area contributed by atoms with Crippen LogP contribution in [0.5, 0.6) is 5.75 Å². The second kappa shape index (κ2) is 8.46. The topological polar surface area (TPSA) is 67.3 Å². The first-order valence-corrected chi connectivity index (χ1v) is 8.74. The zero-order valence-corrected chi connectivity index (χ0v) is 14.6. The molecular weight excluding hydrogens is 316 g/mol. The number of methoxy groups -OCH3 is 1. The first kappa shape index (κ1) is 17.2. The quantitative estimate of drug-likeness (QED) is 0.906. The molecule has 0 aliphatic carbocycles. The summed E-state index contributed by atoms with van der Waals surface area (Å²) in [5, 5.41) is 2.91. The molecule has 25 heavy (non-hydrogen) atoms. The summed E-state index contributed by atoms with van der Waals surface area (Å²) >= 11 is 0. The predicted molar refractivity (Wildman–Crippen MR) is 96.9 cm³/mol. The van der Waals surface area contributed by atoms with Crippen LogP contribution < -0.4 is 15.0 Å². The lowest BCUT2D eigenvalue weighted by molar-refractivity contribution is 0.0945. The molecule has 1 aromatic heterocycles. The van der Waals surface area contributed by atoms with Crippen molar-refractivity contribution in [1.82, 2.24) is 15.3 Å². The number of hydrogen-bond donors (Lipinski definition) is 1. The molecule has 0 atom stereocenters. The molecule has 0 bridgehead atoms. The number of hydrogen-bond acceptors (Lipinski definition) is 5. The summed E-state index contributed by atoms with van der Waals surface area (Å²) < 4.78 is 5.13. The maximum absolute atomic E-state index is 12.4. The molecule has 0 radical (unpaired) electrons. The molecule has 0 unspecified atom stereocenters. The lowest BCUT2D eigenvalue weighted by Crippen LogP contribution is -2.27. The summed E-state index contributed by atoms with van der Waals surface area (Å²) in [6.07, 6.45) is 6.34. The summed E-state index contributed by atoms with van der Waals surface area (Å²) in [6.45, 7) is 2.43. The van der Waals surface area contributed by atoms with Crippen LogP contribution in [0.3, 0.4) is 0 Å². The molecule has 1 fully saturated rings. The lowest BCUT2D eigenvalue weighted by atomic mass is 10.2. The highest BCUT2D eigenvalue weighted by atomic mass is 16.5. The van der Waals surface area contributed by atoms with Gasteiger partial charge in [-0.25, -0.2) is 9.97 Å². The van der Waals surface area contributed by atoms with Crippen LogP contribution >= 0.6 is 0 Å². The van der Waals surface area contributed by atoms with Gasteiger partial charge in [0.2, 0.25) is 0 Å². The van der Waals surface area contributed by atoms with Crippen molar-refractivity contribution in [3.05, 3.63) is 47.9 Å². The van der Waals surface area contributed by atoms with Crippen molar-refractivity contribution < 1.29 is 9.53 Å². The van der Waals surface area contributed by atoms with Crippen molar-refractivity contribution in [2.75, 3.05) is 25.1 Å². The molecule has 1 saturated heterocycles. The maximum atomic E-state index is 12.4. The van der Waals surface area contributed by atoms with E-state index in [1.165, 1.54) is 32.0 Å². The fourth-order valence-corrected chi connectivity index (χ4v) is 2.96. The first-order valence-electron chi connectivity index (χ1n) is 8.74. The predicted octanol–water partition coefficient (Wildman–Crippen LogP) is 2.80. The Hall–Kier alpha value is -2.63. The molecule has 1 aliphatic rings. The maximum Gasteiger partial charge on any atom is 0.270 e. The van der Waals surface area contributed by atoms with Gasteiger partial charge >= 0.3 is 0 Å². The average molecular weight is 340 g/mol. The highest BCUT2D eigenvalue weighted by Gasteiger charge is 2.14. The summed E-state index contributed by atoms with van der Waals surface area (Å²) in [6, 6.07) is 9.41. The zero-order valence-electron chi connectivity index (χ0n) is 14.6. The van der Waals surface area contributed by atoms with Gasteiger partial charge in [-0.2, -0.15) is 0 Å². The number of amides is 1. The Balaban J connectivity index is 1.62. The minimum atomic E-state index is -0.186. The van der Waals surface area contributed by atoms with E-state index in [1.54, 1.807) is 13.2 Å². The fourth-order valence-electron chi connectivity index (χ4n) is 2.96. The average Bonchev–Trinajstić information content (AvgIpc) is 2.96. The molecule has 1 aliphatic heterocycles. The van der Waals surface area contributed by atoms with E-state index in [0.29, 0.717) is 12.2 Å². The van der Waals surface area contributed by atoms with Gasteiger partial charge in [-0.05, 0) is 30.5 Å².